The quantitative estimate of drug-likeness (QED) is 0.734. The Morgan fingerprint density at radius 3 is 1.10 bits per heavy atom. The summed E-state index contributed by atoms with van der Waals surface area (Å²) in [4.78, 5) is 0. The summed E-state index contributed by atoms with van der Waals surface area (Å²) >= 11 is 4.84. The first kappa shape index (κ1) is 14.9. The number of benzene rings is 1. The average Bonchev–Trinajstić information content (AvgIpc) is 2.42. The van der Waals surface area contributed by atoms with Crippen LogP contribution in [0.5, 0.6) is 0 Å². The molecule has 0 radical (unpaired) electrons. The number of rotatable bonds is 1. The highest BCUT2D eigenvalue weighted by Gasteiger charge is 2.39. The SMILES string of the molecule is N#Cc1c(C#N)c(C#N)c(C(F)(F)Cl)c(C#N)c1C#N. The highest BCUT2D eigenvalue weighted by Crippen LogP contribution is 2.40. The van der Waals surface area contributed by atoms with Crippen LogP contribution < -0.4 is 0 Å². The Morgan fingerprint density at radius 1 is 0.650 bits per heavy atom. The maximum Gasteiger partial charge on any atom is 0.350 e. The summed E-state index contributed by atoms with van der Waals surface area (Å²) in [5, 5.41) is 40.4. The summed E-state index contributed by atoms with van der Waals surface area (Å²) in [6, 6.07) is 6.92. The summed E-state index contributed by atoms with van der Waals surface area (Å²) in [6.45, 7) is 0. The van der Waals surface area contributed by atoms with Gasteiger partial charge in [-0.15, -0.1) is 0 Å². The Kier molecular flexibility index (Phi) is 3.88. The molecule has 1 aromatic rings. The van der Waals surface area contributed by atoms with Gasteiger partial charge in [0.25, 0.3) is 0 Å². The van der Waals surface area contributed by atoms with Crippen molar-refractivity contribution in [3.05, 3.63) is 33.4 Å². The lowest BCUT2D eigenvalue weighted by Crippen LogP contribution is -2.14. The minimum Gasteiger partial charge on any atom is -0.192 e. The van der Waals surface area contributed by atoms with Crippen molar-refractivity contribution in [1.82, 2.24) is 0 Å². The van der Waals surface area contributed by atoms with Gasteiger partial charge in [0.2, 0.25) is 0 Å². The van der Waals surface area contributed by atoms with E-state index in [0.29, 0.717) is 0 Å². The fourth-order valence-corrected chi connectivity index (χ4v) is 1.78. The summed E-state index contributed by atoms with van der Waals surface area (Å²) in [7, 11) is 0. The fraction of sp³-hybridized carbons (Fsp3) is 0.0833. The lowest BCUT2D eigenvalue weighted by molar-refractivity contribution is 0.0944. The van der Waals surface area contributed by atoms with Crippen molar-refractivity contribution in [2.24, 2.45) is 0 Å². The van der Waals surface area contributed by atoms with Crippen LogP contribution in [0.3, 0.4) is 0 Å². The van der Waals surface area contributed by atoms with E-state index < -0.39 is 38.8 Å². The van der Waals surface area contributed by atoms with Gasteiger partial charge >= 0.3 is 5.38 Å². The number of halogens is 3. The zero-order chi connectivity index (χ0) is 15.5. The van der Waals surface area contributed by atoms with Gasteiger partial charge in [-0.3, -0.25) is 0 Å². The van der Waals surface area contributed by atoms with Gasteiger partial charge < -0.3 is 0 Å². The number of nitriles is 5. The Balaban J connectivity index is 4.26. The van der Waals surface area contributed by atoms with Gasteiger partial charge in [0.05, 0.1) is 33.4 Å². The summed E-state index contributed by atoms with van der Waals surface area (Å²) < 4.78 is 26.8. The predicted molar refractivity (Wildman–Crippen MR) is 59.8 cm³/mol. The molecule has 0 heterocycles. The van der Waals surface area contributed by atoms with Crippen LogP contribution in [0.1, 0.15) is 33.4 Å². The molecule has 0 spiro atoms. The van der Waals surface area contributed by atoms with E-state index in [0.717, 1.165) is 0 Å². The fourth-order valence-electron chi connectivity index (χ4n) is 1.59. The third-order valence-electron chi connectivity index (χ3n) is 2.34. The van der Waals surface area contributed by atoms with Crippen LogP contribution in [-0.2, 0) is 5.38 Å². The van der Waals surface area contributed by atoms with Gasteiger partial charge in [0.1, 0.15) is 30.3 Å². The zero-order valence-corrected chi connectivity index (χ0v) is 10.1. The molecule has 0 aliphatic carbocycles. The minimum absolute atomic E-state index is 0.604. The Morgan fingerprint density at radius 2 is 0.900 bits per heavy atom. The maximum atomic E-state index is 13.4. The van der Waals surface area contributed by atoms with Crippen molar-refractivity contribution in [2.45, 2.75) is 5.38 Å². The van der Waals surface area contributed by atoms with Crippen molar-refractivity contribution in [3.63, 3.8) is 0 Å². The van der Waals surface area contributed by atoms with E-state index >= 15 is 0 Å². The molecule has 1 aromatic carbocycles. The zero-order valence-electron chi connectivity index (χ0n) is 9.37. The molecule has 0 unspecified atom stereocenters. The molecule has 1 rings (SSSR count). The number of nitrogens with zero attached hydrogens (tertiary/aromatic N) is 5. The standard InChI is InChI=1S/C12ClF2N5/c13-12(14,15)11-9(4-19)7(2-17)6(1-16)8(3-18)10(11)5-20. The number of alkyl halides is 3. The smallest absolute Gasteiger partial charge is 0.192 e. The molecule has 0 aromatic heterocycles. The number of hydrogen-bond acceptors (Lipinski definition) is 5. The normalized spacial score (nSPS) is 9.50. The van der Waals surface area contributed by atoms with Crippen LogP contribution in [0.25, 0.3) is 0 Å². The lowest BCUT2D eigenvalue weighted by atomic mass is 9.88. The van der Waals surface area contributed by atoms with E-state index in [4.69, 9.17) is 37.9 Å². The molecule has 0 aliphatic rings. The summed E-state index contributed by atoms with van der Waals surface area (Å²) in [6.07, 6.45) is 0. The van der Waals surface area contributed by atoms with Gasteiger partial charge in [0.15, 0.2) is 0 Å². The van der Waals surface area contributed by atoms with Crippen LogP contribution in [-0.4, -0.2) is 0 Å². The van der Waals surface area contributed by atoms with E-state index in [1.165, 1.54) is 30.3 Å². The monoisotopic (exact) mass is 287 g/mol. The van der Waals surface area contributed by atoms with Crippen molar-refractivity contribution in [2.75, 3.05) is 0 Å². The minimum atomic E-state index is -4.14. The van der Waals surface area contributed by atoms with Crippen LogP contribution in [0, 0.1) is 56.7 Å². The molecule has 8 heteroatoms. The van der Waals surface area contributed by atoms with Gasteiger partial charge in [-0.25, -0.2) is 0 Å². The second-order valence-corrected chi connectivity index (χ2v) is 3.78. The first-order valence-corrected chi connectivity index (χ1v) is 5.06. The summed E-state index contributed by atoms with van der Waals surface area (Å²) in [5.41, 5.74) is -5.04. The largest absolute Gasteiger partial charge is 0.350 e. The van der Waals surface area contributed by atoms with Crippen LogP contribution in [0.15, 0.2) is 0 Å². The number of hydrogen-bond donors (Lipinski definition) is 0. The van der Waals surface area contributed by atoms with Crippen molar-refractivity contribution >= 4 is 11.6 Å². The Hall–Kier alpha value is -3.18. The molecule has 0 fully saturated rings. The van der Waals surface area contributed by atoms with Crippen molar-refractivity contribution < 1.29 is 8.78 Å². The van der Waals surface area contributed by atoms with Gasteiger partial charge in [-0.2, -0.15) is 35.1 Å². The van der Waals surface area contributed by atoms with Crippen LogP contribution in [0.4, 0.5) is 8.78 Å². The molecule has 0 saturated carbocycles. The maximum absolute atomic E-state index is 13.4. The first-order valence-electron chi connectivity index (χ1n) is 4.68. The lowest BCUT2D eigenvalue weighted by Gasteiger charge is -2.15. The van der Waals surface area contributed by atoms with Gasteiger partial charge in [-0.1, -0.05) is 0 Å². The first-order chi connectivity index (χ1) is 9.37. The molecular weight excluding hydrogens is 288 g/mol. The topological polar surface area (TPSA) is 119 Å². The molecule has 0 amide bonds. The molecule has 5 nitrogen and oxygen atoms in total. The summed E-state index contributed by atoms with van der Waals surface area (Å²) in [5.74, 6) is 0. The Labute approximate surface area is 116 Å². The molecule has 0 aliphatic heterocycles. The van der Waals surface area contributed by atoms with Gasteiger partial charge in [0, 0.05) is 0 Å². The molecule has 20 heavy (non-hydrogen) atoms. The van der Waals surface area contributed by atoms with Crippen LogP contribution >= 0.6 is 11.6 Å². The molecule has 0 saturated heterocycles. The van der Waals surface area contributed by atoms with E-state index in [9.17, 15) is 8.78 Å². The highest BCUT2D eigenvalue weighted by molar-refractivity contribution is 6.22. The average molecular weight is 288 g/mol. The molecule has 0 N–H and O–H groups in total. The second kappa shape index (κ2) is 5.21. The van der Waals surface area contributed by atoms with Crippen molar-refractivity contribution in [3.8, 4) is 30.3 Å². The predicted octanol–water partition coefficient (Wildman–Crippen LogP) is 2.33. The van der Waals surface area contributed by atoms with E-state index in [-0.39, 0.29) is 0 Å². The van der Waals surface area contributed by atoms with Gasteiger partial charge in [-0.05, 0) is 11.6 Å². The van der Waals surface area contributed by atoms with Crippen molar-refractivity contribution in [1.29, 1.82) is 26.3 Å². The van der Waals surface area contributed by atoms with Crippen LogP contribution in [0.2, 0.25) is 0 Å². The van der Waals surface area contributed by atoms with E-state index in [1.54, 1.807) is 0 Å². The Bertz CT molecular complexity index is 751. The highest BCUT2D eigenvalue weighted by atomic mass is 35.5. The van der Waals surface area contributed by atoms with E-state index in [2.05, 4.69) is 0 Å². The van der Waals surface area contributed by atoms with E-state index in [1.807, 2.05) is 0 Å². The third-order valence-corrected chi connectivity index (χ3v) is 2.53. The third kappa shape index (κ3) is 2.09. The molecule has 0 atom stereocenters. The molecule has 0 bridgehead atoms. The second-order valence-electron chi connectivity index (χ2n) is 3.31. The molecular formula is C12ClF2N5. The molecule has 94 valence electrons.